The number of aliphatic hydroxyl groups excluding tert-OH is 1. The molecule has 0 aromatic carbocycles. The maximum Gasteiger partial charge on any atom is 0.408 e. The molecule has 1 aromatic heterocycles. The van der Waals surface area contributed by atoms with Crippen LogP contribution in [0.5, 0.6) is 0 Å². The number of nitrogens with zero attached hydrogens (tertiary/aromatic N) is 2. The van der Waals surface area contributed by atoms with E-state index in [-0.39, 0.29) is 18.2 Å². The fraction of sp³-hybridized carbons (Fsp3) is 0.750. The summed E-state index contributed by atoms with van der Waals surface area (Å²) in [6, 6.07) is 0. The highest BCUT2D eigenvalue weighted by Gasteiger charge is 2.39. The van der Waals surface area contributed by atoms with E-state index in [1.54, 1.807) is 10.9 Å². The second-order valence-electron chi connectivity index (χ2n) is 7.20. The summed E-state index contributed by atoms with van der Waals surface area (Å²) in [7, 11) is 0. The molecule has 1 heterocycles. The van der Waals surface area contributed by atoms with Gasteiger partial charge in [0.25, 0.3) is 0 Å². The van der Waals surface area contributed by atoms with Gasteiger partial charge in [0.1, 0.15) is 5.60 Å². The first kappa shape index (κ1) is 17.7. The lowest BCUT2D eigenvalue weighted by Gasteiger charge is -2.42. The van der Waals surface area contributed by atoms with Crippen molar-refractivity contribution in [1.82, 2.24) is 20.4 Å². The molecule has 0 bridgehead atoms. The SMILES string of the molecule is CC(C)(C)OC(=O)NC1(CNCc2cnn(CCO)c2)CCC1. The summed E-state index contributed by atoms with van der Waals surface area (Å²) in [5.74, 6) is 0. The molecular weight excluding hydrogens is 296 g/mol. The predicted octanol–water partition coefficient (Wildman–Crippen LogP) is 1.41. The van der Waals surface area contributed by atoms with Crippen molar-refractivity contribution < 1.29 is 14.6 Å². The fourth-order valence-electron chi connectivity index (χ4n) is 2.64. The number of hydrogen-bond donors (Lipinski definition) is 3. The van der Waals surface area contributed by atoms with Crippen molar-refractivity contribution in [3.8, 4) is 0 Å². The number of carbonyl (C=O) groups is 1. The zero-order valence-corrected chi connectivity index (χ0v) is 14.3. The Morgan fingerprint density at radius 3 is 2.78 bits per heavy atom. The Hall–Kier alpha value is -1.60. The zero-order chi connectivity index (χ0) is 16.9. The van der Waals surface area contributed by atoms with Crippen molar-refractivity contribution in [3.63, 3.8) is 0 Å². The lowest BCUT2D eigenvalue weighted by atomic mass is 9.76. The number of carbonyl (C=O) groups excluding carboxylic acids is 1. The van der Waals surface area contributed by atoms with Crippen LogP contribution in [0.4, 0.5) is 4.79 Å². The summed E-state index contributed by atoms with van der Waals surface area (Å²) < 4.78 is 7.07. The van der Waals surface area contributed by atoms with Crippen molar-refractivity contribution in [2.45, 2.75) is 64.3 Å². The molecule has 1 aliphatic carbocycles. The van der Waals surface area contributed by atoms with E-state index in [1.807, 2.05) is 27.0 Å². The number of nitrogens with one attached hydrogen (secondary N) is 2. The molecule has 2 rings (SSSR count). The topological polar surface area (TPSA) is 88.4 Å². The Morgan fingerprint density at radius 1 is 1.48 bits per heavy atom. The standard InChI is InChI=1S/C16H28N4O3/c1-15(2,3)23-14(22)19-16(5-4-6-16)12-17-9-13-10-18-20(11-13)7-8-21/h10-11,17,21H,4-9,12H2,1-3H3,(H,19,22). The predicted molar refractivity (Wildman–Crippen MR) is 87.0 cm³/mol. The summed E-state index contributed by atoms with van der Waals surface area (Å²) in [5, 5.41) is 19.5. The average molecular weight is 324 g/mol. The first-order valence-electron chi connectivity index (χ1n) is 8.16. The third kappa shape index (κ3) is 5.51. The van der Waals surface area contributed by atoms with Crippen LogP contribution in [-0.2, 0) is 17.8 Å². The molecule has 0 aliphatic heterocycles. The molecule has 0 atom stereocenters. The van der Waals surface area contributed by atoms with Gasteiger partial charge in [0.15, 0.2) is 0 Å². The summed E-state index contributed by atoms with van der Waals surface area (Å²) in [6.45, 7) is 7.56. The van der Waals surface area contributed by atoms with Gasteiger partial charge >= 0.3 is 6.09 Å². The molecule has 1 fully saturated rings. The van der Waals surface area contributed by atoms with Gasteiger partial charge in [0, 0.05) is 24.8 Å². The van der Waals surface area contributed by atoms with Crippen molar-refractivity contribution >= 4 is 6.09 Å². The van der Waals surface area contributed by atoms with Gasteiger partial charge in [0.05, 0.1) is 24.9 Å². The van der Waals surface area contributed by atoms with Gasteiger partial charge < -0.3 is 20.5 Å². The number of ether oxygens (including phenoxy) is 1. The maximum atomic E-state index is 12.0. The van der Waals surface area contributed by atoms with Crippen LogP contribution in [-0.4, -0.2) is 45.3 Å². The van der Waals surface area contributed by atoms with Crippen LogP contribution >= 0.6 is 0 Å². The van der Waals surface area contributed by atoms with E-state index < -0.39 is 5.60 Å². The first-order chi connectivity index (χ1) is 10.8. The molecule has 1 amide bonds. The van der Waals surface area contributed by atoms with Crippen LogP contribution in [0.15, 0.2) is 12.4 Å². The van der Waals surface area contributed by atoms with E-state index in [1.165, 1.54) is 0 Å². The Balaban J connectivity index is 1.78. The van der Waals surface area contributed by atoms with Gasteiger partial charge in [-0.15, -0.1) is 0 Å². The number of hydrogen-bond acceptors (Lipinski definition) is 5. The van der Waals surface area contributed by atoms with Gasteiger partial charge in [-0.1, -0.05) is 0 Å². The molecule has 23 heavy (non-hydrogen) atoms. The minimum atomic E-state index is -0.482. The Labute approximate surface area is 137 Å². The summed E-state index contributed by atoms with van der Waals surface area (Å²) in [6.07, 6.45) is 6.39. The van der Waals surface area contributed by atoms with E-state index in [4.69, 9.17) is 9.84 Å². The van der Waals surface area contributed by atoms with Crippen molar-refractivity contribution in [2.75, 3.05) is 13.2 Å². The molecule has 1 saturated carbocycles. The van der Waals surface area contributed by atoms with Gasteiger partial charge in [-0.05, 0) is 40.0 Å². The molecule has 7 heteroatoms. The van der Waals surface area contributed by atoms with Crippen LogP contribution < -0.4 is 10.6 Å². The summed E-state index contributed by atoms with van der Waals surface area (Å²) in [4.78, 5) is 12.0. The van der Waals surface area contributed by atoms with Crippen LogP contribution in [0.1, 0.15) is 45.6 Å². The highest BCUT2D eigenvalue weighted by Crippen LogP contribution is 2.31. The molecule has 0 radical (unpaired) electrons. The maximum absolute atomic E-state index is 12.0. The minimum Gasteiger partial charge on any atom is -0.444 e. The molecule has 130 valence electrons. The smallest absolute Gasteiger partial charge is 0.408 e. The zero-order valence-electron chi connectivity index (χ0n) is 14.3. The lowest BCUT2D eigenvalue weighted by Crippen LogP contribution is -2.59. The third-order valence-electron chi connectivity index (χ3n) is 3.89. The fourth-order valence-corrected chi connectivity index (χ4v) is 2.64. The quantitative estimate of drug-likeness (QED) is 0.706. The largest absolute Gasteiger partial charge is 0.444 e. The number of aromatic nitrogens is 2. The second-order valence-corrected chi connectivity index (χ2v) is 7.20. The Kier molecular flexibility index (Phi) is 5.64. The number of aliphatic hydroxyl groups is 1. The van der Waals surface area contributed by atoms with Gasteiger partial charge in [-0.2, -0.15) is 5.10 Å². The molecule has 0 spiro atoms. The van der Waals surface area contributed by atoms with Gasteiger partial charge in [-0.25, -0.2) is 4.79 Å². The van der Waals surface area contributed by atoms with Crippen molar-refractivity contribution in [3.05, 3.63) is 18.0 Å². The molecule has 0 saturated heterocycles. The van der Waals surface area contributed by atoms with Gasteiger partial charge in [0.2, 0.25) is 0 Å². The first-order valence-corrected chi connectivity index (χ1v) is 8.16. The number of rotatable bonds is 7. The third-order valence-corrected chi connectivity index (χ3v) is 3.89. The summed E-state index contributed by atoms with van der Waals surface area (Å²) in [5.41, 5.74) is 0.373. The Bertz CT molecular complexity index is 518. The molecule has 3 N–H and O–H groups in total. The van der Waals surface area contributed by atoms with E-state index in [9.17, 15) is 4.79 Å². The van der Waals surface area contributed by atoms with E-state index in [0.717, 1.165) is 24.8 Å². The van der Waals surface area contributed by atoms with Crippen LogP contribution in [0, 0.1) is 0 Å². The number of amides is 1. The van der Waals surface area contributed by atoms with E-state index in [2.05, 4.69) is 15.7 Å². The normalized spacial score (nSPS) is 16.7. The molecular formula is C16H28N4O3. The second kappa shape index (κ2) is 7.31. The van der Waals surface area contributed by atoms with E-state index >= 15 is 0 Å². The molecule has 1 aliphatic rings. The van der Waals surface area contributed by atoms with E-state index in [0.29, 0.717) is 19.6 Å². The van der Waals surface area contributed by atoms with Crippen LogP contribution in [0.2, 0.25) is 0 Å². The molecule has 1 aromatic rings. The van der Waals surface area contributed by atoms with Crippen molar-refractivity contribution in [2.24, 2.45) is 0 Å². The highest BCUT2D eigenvalue weighted by molar-refractivity contribution is 5.69. The monoisotopic (exact) mass is 324 g/mol. The molecule has 0 unspecified atom stereocenters. The minimum absolute atomic E-state index is 0.0808. The number of alkyl carbamates (subject to hydrolysis) is 1. The van der Waals surface area contributed by atoms with Crippen molar-refractivity contribution in [1.29, 1.82) is 0 Å². The van der Waals surface area contributed by atoms with Crippen LogP contribution in [0.3, 0.4) is 0 Å². The lowest BCUT2D eigenvalue weighted by molar-refractivity contribution is 0.0382. The molecule has 7 nitrogen and oxygen atoms in total. The summed E-state index contributed by atoms with van der Waals surface area (Å²) >= 11 is 0. The van der Waals surface area contributed by atoms with Crippen LogP contribution in [0.25, 0.3) is 0 Å². The average Bonchev–Trinajstić information content (AvgIpc) is 2.81. The highest BCUT2D eigenvalue weighted by atomic mass is 16.6. The van der Waals surface area contributed by atoms with Gasteiger partial charge in [-0.3, -0.25) is 4.68 Å². The Morgan fingerprint density at radius 2 is 2.22 bits per heavy atom.